The van der Waals surface area contributed by atoms with Gasteiger partial charge in [-0.05, 0) is 44.5 Å². The Kier molecular flexibility index (Phi) is 7.17. The van der Waals surface area contributed by atoms with Crippen molar-refractivity contribution >= 4 is 23.3 Å². The second-order valence-electron chi connectivity index (χ2n) is 7.70. The minimum Gasteiger partial charge on any atom is -0.394 e. The van der Waals surface area contributed by atoms with Crippen LogP contribution in [0, 0.1) is 19.7 Å². The van der Waals surface area contributed by atoms with Crippen molar-refractivity contribution in [2.75, 3.05) is 11.9 Å². The van der Waals surface area contributed by atoms with Gasteiger partial charge in [-0.15, -0.1) is 6.58 Å². The molecule has 7 nitrogen and oxygen atoms in total. The molecule has 0 radical (unpaired) electrons. The number of carbonyl (C=O) groups is 3. The molecule has 2 rings (SSSR count). The summed E-state index contributed by atoms with van der Waals surface area (Å²) in [5.41, 5.74) is -2.85. The summed E-state index contributed by atoms with van der Waals surface area (Å²) in [6, 6.07) is 2.01. The molecule has 2 aromatic rings. The van der Waals surface area contributed by atoms with E-state index in [1.54, 1.807) is 0 Å². The van der Waals surface area contributed by atoms with Crippen LogP contribution in [-0.2, 0) is 18.0 Å². The highest BCUT2D eigenvalue weighted by molar-refractivity contribution is 6.43. The fourth-order valence-corrected chi connectivity index (χ4v) is 3.23. The molecule has 0 fully saturated rings. The van der Waals surface area contributed by atoms with Gasteiger partial charge < -0.3 is 20.3 Å². The number of ketones is 1. The van der Waals surface area contributed by atoms with Crippen molar-refractivity contribution in [1.82, 2.24) is 9.88 Å². The van der Waals surface area contributed by atoms with Gasteiger partial charge in [0, 0.05) is 18.4 Å². The number of halogens is 4. The lowest BCUT2D eigenvalue weighted by molar-refractivity contribution is -0.140. The van der Waals surface area contributed by atoms with Gasteiger partial charge in [-0.2, -0.15) is 13.2 Å². The van der Waals surface area contributed by atoms with Crippen LogP contribution in [0.4, 0.5) is 23.2 Å². The third-order valence-corrected chi connectivity index (χ3v) is 5.29. The lowest BCUT2D eigenvalue weighted by Gasteiger charge is -2.24. The molecule has 3 N–H and O–H groups in total. The Morgan fingerprint density at radius 1 is 1.21 bits per heavy atom. The standard InChI is InChI=1S/C22H23F4N3O4/c1-6-21(4,10-30)28-20(33)18(31)16-11(2)17(29(5)12(16)3)19(32)27-13-7-8-15(23)14(9-13)22(24,25)26/h6-9,30H,1,10H2,2-5H3,(H,27,32)(H,28,33). The van der Waals surface area contributed by atoms with E-state index in [-0.39, 0.29) is 28.2 Å². The average molecular weight is 469 g/mol. The predicted molar refractivity (Wildman–Crippen MR) is 112 cm³/mol. The molecule has 0 saturated heterocycles. The topological polar surface area (TPSA) is 100 Å². The van der Waals surface area contributed by atoms with Crippen molar-refractivity contribution < 1.29 is 37.1 Å². The van der Waals surface area contributed by atoms with Gasteiger partial charge in [-0.1, -0.05) is 6.08 Å². The van der Waals surface area contributed by atoms with Crippen LogP contribution in [0.5, 0.6) is 0 Å². The Morgan fingerprint density at radius 3 is 2.33 bits per heavy atom. The summed E-state index contributed by atoms with van der Waals surface area (Å²) < 4.78 is 53.7. The van der Waals surface area contributed by atoms with Gasteiger partial charge in [-0.25, -0.2) is 4.39 Å². The number of benzene rings is 1. The van der Waals surface area contributed by atoms with Crippen LogP contribution in [0.2, 0.25) is 0 Å². The van der Waals surface area contributed by atoms with E-state index in [1.807, 2.05) is 0 Å². The zero-order valence-electron chi connectivity index (χ0n) is 18.4. The molecule has 0 saturated carbocycles. The molecule has 1 heterocycles. The van der Waals surface area contributed by atoms with Crippen LogP contribution in [0.1, 0.15) is 44.6 Å². The molecule has 0 bridgehead atoms. The van der Waals surface area contributed by atoms with Gasteiger partial charge in [0.1, 0.15) is 11.5 Å². The number of hydrogen-bond donors (Lipinski definition) is 3. The number of aliphatic hydroxyl groups excluding tert-OH is 1. The molecule has 2 amide bonds. The third-order valence-electron chi connectivity index (χ3n) is 5.29. The first-order valence-corrected chi connectivity index (χ1v) is 9.62. The number of aromatic nitrogens is 1. The molecule has 0 aliphatic carbocycles. The second kappa shape index (κ2) is 9.18. The Hall–Kier alpha value is -3.47. The van der Waals surface area contributed by atoms with Crippen molar-refractivity contribution in [2.45, 2.75) is 32.5 Å². The number of hydrogen-bond acceptors (Lipinski definition) is 4. The van der Waals surface area contributed by atoms with Crippen LogP contribution in [0.3, 0.4) is 0 Å². The van der Waals surface area contributed by atoms with Crippen LogP contribution >= 0.6 is 0 Å². The number of amides is 2. The summed E-state index contributed by atoms with van der Waals surface area (Å²) >= 11 is 0. The molecule has 11 heteroatoms. The Bertz CT molecular complexity index is 1140. The van der Waals surface area contributed by atoms with E-state index in [4.69, 9.17) is 0 Å². The van der Waals surface area contributed by atoms with Crippen LogP contribution < -0.4 is 10.6 Å². The summed E-state index contributed by atoms with van der Waals surface area (Å²) in [6.45, 7) is 7.34. The fourth-order valence-electron chi connectivity index (χ4n) is 3.23. The Labute approximate surface area is 187 Å². The van der Waals surface area contributed by atoms with Gasteiger partial charge in [-0.3, -0.25) is 14.4 Å². The maximum Gasteiger partial charge on any atom is 0.419 e. The van der Waals surface area contributed by atoms with Crippen LogP contribution in [0.25, 0.3) is 0 Å². The zero-order valence-corrected chi connectivity index (χ0v) is 18.4. The number of Topliss-reactive ketones (excluding diaryl/α,β-unsaturated/α-hetero) is 1. The first kappa shape index (κ1) is 25.8. The van der Waals surface area contributed by atoms with Gasteiger partial charge in [0.2, 0.25) is 0 Å². The van der Waals surface area contributed by atoms with Gasteiger partial charge >= 0.3 is 6.18 Å². The SMILES string of the molecule is C=CC(C)(CO)NC(=O)C(=O)c1c(C)c(C(=O)Nc2ccc(F)c(C(F)(F)F)c2)n(C)c1C. The number of rotatable bonds is 7. The maximum absolute atomic E-state index is 13.5. The lowest BCUT2D eigenvalue weighted by Crippen LogP contribution is -2.49. The number of anilines is 1. The second-order valence-corrected chi connectivity index (χ2v) is 7.70. The highest BCUT2D eigenvalue weighted by atomic mass is 19.4. The molecular formula is C22H23F4N3O4. The van der Waals surface area contributed by atoms with Crippen molar-refractivity contribution in [3.8, 4) is 0 Å². The molecule has 1 unspecified atom stereocenters. The molecule has 1 aromatic carbocycles. The summed E-state index contributed by atoms with van der Waals surface area (Å²) in [5, 5.41) is 14.0. The highest BCUT2D eigenvalue weighted by Gasteiger charge is 2.35. The Balaban J connectivity index is 2.40. The summed E-state index contributed by atoms with van der Waals surface area (Å²) in [6.07, 6.45) is -3.69. The van der Waals surface area contributed by atoms with Crippen molar-refractivity contribution in [3.05, 3.63) is 64.7 Å². The van der Waals surface area contributed by atoms with E-state index in [0.29, 0.717) is 12.1 Å². The van der Waals surface area contributed by atoms with Crippen LogP contribution in [0.15, 0.2) is 30.9 Å². The first-order valence-electron chi connectivity index (χ1n) is 9.62. The van der Waals surface area contributed by atoms with E-state index >= 15 is 0 Å². The van der Waals surface area contributed by atoms with Crippen LogP contribution in [-0.4, -0.2) is 39.4 Å². The molecule has 33 heavy (non-hydrogen) atoms. The maximum atomic E-state index is 13.5. The predicted octanol–water partition coefficient (Wildman–Crippen LogP) is 3.29. The van der Waals surface area contributed by atoms with E-state index in [9.17, 15) is 37.1 Å². The fraction of sp³-hybridized carbons (Fsp3) is 0.318. The van der Waals surface area contributed by atoms with E-state index in [2.05, 4.69) is 17.2 Å². The number of nitrogens with one attached hydrogen (secondary N) is 2. The largest absolute Gasteiger partial charge is 0.419 e. The number of aliphatic hydroxyl groups is 1. The molecule has 0 aliphatic heterocycles. The minimum absolute atomic E-state index is 0.0698. The molecule has 1 aromatic heterocycles. The van der Waals surface area contributed by atoms with Crippen molar-refractivity contribution in [3.63, 3.8) is 0 Å². The van der Waals surface area contributed by atoms with E-state index in [1.165, 1.54) is 38.5 Å². The summed E-state index contributed by atoms with van der Waals surface area (Å²) in [4.78, 5) is 38.1. The van der Waals surface area contributed by atoms with Crippen molar-refractivity contribution in [2.24, 2.45) is 7.05 Å². The van der Waals surface area contributed by atoms with E-state index < -0.39 is 47.3 Å². The Morgan fingerprint density at radius 2 is 1.82 bits per heavy atom. The molecule has 0 spiro atoms. The zero-order chi connectivity index (χ0) is 25.3. The summed E-state index contributed by atoms with van der Waals surface area (Å²) in [5.74, 6) is -4.35. The summed E-state index contributed by atoms with van der Waals surface area (Å²) in [7, 11) is 1.44. The van der Waals surface area contributed by atoms with Gasteiger partial charge in [0.05, 0.1) is 23.3 Å². The lowest BCUT2D eigenvalue weighted by atomic mass is 10.0. The first-order chi connectivity index (χ1) is 15.2. The molecule has 178 valence electrons. The van der Waals surface area contributed by atoms with E-state index in [0.717, 1.165) is 6.07 Å². The smallest absolute Gasteiger partial charge is 0.394 e. The van der Waals surface area contributed by atoms with Gasteiger partial charge in [0.25, 0.3) is 17.6 Å². The van der Waals surface area contributed by atoms with Gasteiger partial charge in [0.15, 0.2) is 0 Å². The molecule has 1 atom stereocenters. The molecular weight excluding hydrogens is 446 g/mol. The number of alkyl halides is 3. The average Bonchev–Trinajstić information content (AvgIpc) is 2.96. The normalized spacial score (nSPS) is 13.2. The number of carbonyl (C=O) groups excluding carboxylic acids is 3. The monoisotopic (exact) mass is 469 g/mol. The third kappa shape index (κ3) is 5.14. The highest BCUT2D eigenvalue weighted by Crippen LogP contribution is 2.33. The molecule has 0 aliphatic rings. The van der Waals surface area contributed by atoms with Crippen molar-refractivity contribution in [1.29, 1.82) is 0 Å². The minimum atomic E-state index is -4.95. The number of nitrogens with zero attached hydrogens (tertiary/aromatic N) is 1. The quantitative estimate of drug-likeness (QED) is 0.251.